The van der Waals surface area contributed by atoms with Crippen LogP contribution >= 0.6 is 0 Å². The molecule has 8 heteroatoms. The van der Waals surface area contributed by atoms with Crippen molar-refractivity contribution in [3.05, 3.63) is 22.9 Å². The van der Waals surface area contributed by atoms with Crippen molar-refractivity contribution < 1.29 is 19.1 Å². The Balaban J connectivity index is 2.90. The van der Waals surface area contributed by atoms with E-state index in [0.717, 1.165) is 0 Å². The maximum absolute atomic E-state index is 11.9. The summed E-state index contributed by atoms with van der Waals surface area (Å²) in [6.45, 7) is 5.42. The Kier molecular flexibility index (Phi) is 5.90. The number of carbonyl (C=O) groups excluding carboxylic acids is 2. The van der Waals surface area contributed by atoms with Crippen molar-refractivity contribution in [1.29, 1.82) is 5.26 Å². The van der Waals surface area contributed by atoms with Gasteiger partial charge in [-0.05, 0) is 27.2 Å². The van der Waals surface area contributed by atoms with Crippen molar-refractivity contribution in [1.82, 2.24) is 10.3 Å². The number of nitrogens with one attached hydrogen (secondary N) is 1. The molecule has 1 aromatic rings. The van der Waals surface area contributed by atoms with Crippen molar-refractivity contribution in [2.24, 2.45) is 0 Å². The van der Waals surface area contributed by atoms with Crippen LogP contribution in [0.3, 0.4) is 0 Å². The van der Waals surface area contributed by atoms with E-state index in [1.165, 1.54) is 13.3 Å². The fourth-order valence-corrected chi connectivity index (χ4v) is 1.84. The number of anilines is 1. The van der Waals surface area contributed by atoms with Gasteiger partial charge in [-0.1, -0.05) is 0 Å². The van der Waals surface area contributed by atoms with Gasteiger partial charge in [0.15, 0.2) is 0 Å². The molecule has 0 saturated carbocycles. The van der Waals surface area contributed by atoms with Crippen LogP contribution in [0.5, 0.6) is 0 Å². The zero-order valence-electron chi connectivity index (χ0n) is 13.6. The SMILES string of the molecule is COC(=O)c1c(C#N)cnc(N)c1CCNC(=O)OC(C)(C)C. The summed E-state index contributed by atoms with van der Waals surface area (Å²) >= 11 is 0. The molecule has 0 aliphatic heterocycles. The maximum Gasteiger partial charge on any atom is 0.407 e. The molecule has 0 atom stereocenters. The number of alkyl carbamates (subject to hydrolysis) is 1. The Labute approximate surface area is 134 Å². The number of nitriles is 1. The van der Waals surface area contributed by atoms with Gasteiger partial charge in [0.05, 0.1) is 18.2 Å². The van der Waals surface area contributed by atoms with Crippen molar-refractivity contribution >= 4 is 17.9 Å². The van der Waals surface area contributed by atoms with E-state index in [-0.39, 0.29) is 29.9 Å². The molecule has 8 nitrogen and oxygen atoms in total. The third kappa shape index (κ3) is 5.14. The van der Waals surface area contributed by atoms with Crippen molar-refractivity contribution in [3.8, 4) is 6.07 Å². The second kappa shape index (κ2) is 7.45. The molecule has 0 spiro atoms. The van der Waals surface area contributed by atoms with Gasteiger partial charge >= 0.3 is 12.1 Å². The molecule has 0 aromatic carbocycles. The summed E-state index contributed by atoms with van der Waals surface area (Å²) in [7, 11) is 1.21. The summed E-state index contributed by atoms with van der Waals surface area (Å²) in [6, 6.07) is 1.88. The maximum atomic E-state index is 11.9. The predicted molar refractivity (Wildman–Crippen MR) is 82.6 cm³/mol. The predicted octanol–water partition coefficient (Wildman–Crippen LogP) is 1.39. The average Bonchev–Trinajstić information content (AvgIpc) is 2.46. The first-order valence-electron chi connectivity index (χ1n) is 6.92. The monoisotopic (exact) mass is 320 g/mol. The highest BCUT2D eigenvalue weighted by Gasteiger charge is 2.21. The van der Waals surface area contributed by atoms with Crippen LogP contribution in [-0.4, -0.2) is 36.3 Å². The summed E-state index contributed by atoms with van der Waals surface area (Å²) in [4.78, 5) is 27.4. The number of methoxy groups -OCH3 is 1. The first-order chi connectivity index (χ1) is 10.7. The minimum absolute atomic E-state index is 0.0634. The second-order valence-corrected chi connectivity index (χ2v) is 5.69. The lowest BCUT2D eigenvalue weighted by atomic mass is 10.0. The minimum Gasteiger partial charge on any atom is -0.465 e. The molecule has 0 unspecified atom stereocenters. The van der Waals surface area contributed by atoms with Gasteiger partial charge in [-0.25, -0.2) is 14.6 Å². The molecule has 0 radical (unpaired) electrons. The molecule has 23 heavy (non-hydrogen) atoms. The number of nitrogens with two attached hydrogens (primary N) is 1. The molecule has 3 N–H and O–H groups in total. The number of pyridine rings is 1. The largest absolute Gasteiger partial charge is 0.465 e. The van der Waals surface area contributed by atoms with E-state index in [2.05, 4.69) is 15.0 Å². The number of esters is 1. The lowest BCUT2D eigenvalue weighted by molar-refractivity contribution is 0.0528. The molecular formula is C15H20N4O4. The Morgan fingerprint density at radius 3 is 2.61 bits per heavy atom. The number of hydrogen-bond donors (Lipinski definition) is 2. The van der Waals surface area contributed by atoms with Crippen LogP contribution in [-0.2, 0) is 15.9 Å². The summed E-state index contributed by atoms with van der Waals surface area (Å²) in [5.74, 6) is -0.571. The number of ether oxygens (including phenoxy) is 2. The Bertz CT molecular complexity index is 644. The minimum atomic E-state index is -0.678. The van der Waals surface area contributed by atoms with Gasteiger partial charge in [0.1, 0.15) is 17.5 Å². The Hall–Kier alpha value is -2.82. The molecular weight excluding hydrogens is 300 g/mol. The topological polar surface area (TPSA) is 127 Å². The van der Waals surface area contributed by atoms with E-state index >= 15 is 0 Å². The number of nitrogen functional groups attached to an aromatic ring is 1. The molecule has 1 aromatic heterocycles. The fourth-order valence-electron chi connectivity index (χ4n) is 1.84. The van der Waals surface area contributed by atoms with E-state index in [0.29, 0.717) is 5.56 Å². The first-order valence-corrected chi connectivity index (χ1v) is 6.92. The van der Waals surface area contributed by atoms with Crippen molar-refractivity contribution in [2.45, 2.75) is 32.8 Å². The van der Waals surface area contributed by atoms with Gasteiger partial charge in [0.25, 0.3) is 0 Å². The van der Waals surface area contributed by atoms with Gasteiger partial charge in [0, 0.05) is 18.3 Å². The molecule has 0 fully saturated rings. The number of carbonyl (C=O) groups is 2. The van der Waals surface area contributed by atoms with Crippen LogP contribution in [0.15, 0.2) is 6.20 Å². The zero-order chi connectivity index (χ0) is 17.6. The molecule has 1 rings (SSSR count). The number of rotatable bonds is 4. The number of nitrogens with zero attached hydrogens (tertiary/aromatic N) is 2. The van der Waals surface area contributed by atoms with Crippen molar-refractivity contribution in [3.63, 3.8) is 0 Å². The Morgan fingerprint density at radius 1 is 1.43 bits per heavy atom. The second-order valence-electron chi connectivity index (χ2n) is 5.69. The van der Waals surface area contributed by atoms with Gasteiger partial charge in [-0.2, -0.15) is 5.26 Å². The highest BCUT2D eigenvalue weighted by atomic mass is 16.6. The molecule has 0 bridgehead atoms. The standard InChI is InChI=1S/C15H20N4O4/c1-15(2,3)23-14(21)18-6-5-10-11(13(20)22-4)9(7-16)8-19-12(10)17/h8H,5-6H2,1-4H3,(H2,17,19)(H,18,21). The average molecular weight is 320 g/mol. The summed E-state index contributed by atoms with van der Waals surface area (Å²) in [6.07, 6.45) is 0.838. The normalized spacial score (nSPS) is 10.6. The van der Waals surface area contributed by atoms with Crippen LogP contribution in [0, 0.1) is 11.3 Å². The molecule has 0 saturated heterocycles. The first kappa shape index (κ1) is 18.2. The van der Waals surface area contributed by atoms with Gasteiger partial charge in [-0.15, -0.1) is 0 Å². The highest BCUT2D eigenvalue weighted by Crippen LogP contribution is 2.20. The lowest BCUT2D eigenvalue weighted by Crippen LogP contribution is -2.33. The van der Waals surface area contributed by atoms with Crippen LogP contribution in [0.4, 0.5) is 10.6 Å². The van der Waals surface area contributed by atoms with E-state index in [1.807, 2.05) is 6.07 Å². The number of aromatic nitrogens is 1. The molecule has 1 amide bonds. The quantitative estimate of drug-likeness (QED) is 0.802. The van der Waals surface area contributed by atoms with Crippen LogP contribution < -0.4 is 11.1 Å². The van der Waals surface area contributed by atoms with E-state index in [4.69, 9.17) is 15.7 Å². The summed E-state index contributed by atoms with van der Waals surface area (Å²) in [5.41, 5.74) is 5.66. The third-order valence-electron chi connectivity index (χ3n) is 2.77. The van der Waals surface area contributed by atoms with Crippen LogP contribution in [0.2, 0.25) is 0 Å². The Morgan fingerprint density at radius 2 is 2.09 bits per heavy atom. The number of hydrogen-bond acceptors (Lipinski definition) is 7. The molecule has 1 heterocycles. The van der Waals surface area contributed by atoms with E-state index in [9.17, 15) is 9.59 Å². The van der Waals surface area contributed by atoms with Gasteiger partial charge < -0.3 is 20.5 Å². The van der Waals surface area contributed by atoms with Gasteiger partial charge in [0.2, 0.25) is 0 Å². The van der Waals surface area contributed by atoms with Crippen LogP contribution in [0.1, 0.15) is 42.3 Å². The van der Waals surface area contributed by atoms with Crippen LogP contribution in [0.25, 0.3) is 0 Å². The molecule has 124 valence electrons. The molecule has 0 aliphatic rings. The zero-order valence-corrected chi connectivity index (χ0v) is 13.6. The third-order valence-corrected chi connectivity index (χ3v) is 2.77. The summed E-state index contributed by atoms with van der Waals surface area (Å²) in [5, 5.41) is 11.6. The number of amides is 1. The highest BCUT2D eigenvalue weighted by molar-refractivity contribution is 5.95. The lowest BCUT2D eigenvalue weighted by Gasteiger charge is -2.20. The van der Waals surface area contributed by atoms with Crippen molar-refractivity contribution in [2.75, 3.05) is 19.4 Å². The smallest absolute Gasteiger partial charge is 0.407 e. The van der Waals surface area contributed by atoms with E-state index < -0.39 is 17.7 Å². The fraction of sp³-hybridized carbons (Fsp3) is 0.467. The summed E-state index contributed by atoms with van der Waals surface area (Å²) < 4.78 is 9.79. The molecule has 0 aliphatic carbocycles. The van der Waals surface area contributed by atoms with E-state index in [1.54, 1.807) is 20.8 Å². The van der Waals surface area contributed by atoms with Gasteiger partial charge in [-0.3, -0.25) is 0 Å².